The van der Waals surface area contributed by atoms with Crippen molar-refractivity contribution in [2.24, 2.45) is 4.99 Å². The second kappa shape index (κ2) is 11.2. The minimum absolute atomic E-state index is 0.883. The molecule has 0 saturated carbocycles. The average molecular weight is 244 g/mol. The summed E-state index contributed by atoms with van der Waals surface area (Å²) in [5.74, 6) is 1.12. The Morgan fingerprint density at radius 3 is 2.62 bits per heavy atom. The molecule has 1 aliphatic rings. The standard InChI is InChI=1S/C10H18N2OS.C2H6/c1-10(11-2)9-14-8-5-12-3-6-13-7-4-12;1-2/h9H,2-8H2,1H3;1-2H3/b10-9-;. The van der Waals surface area contributed by atoms with Gasteiger partial charge in [0, 0.05) is 31.1 Å². The normalized spacial score (nSPS) is 17.6. The second-order valence-corrected chi connectivity index (χ2v) is 4.22. The summed E-state index contributed by atoms with van der Waals surface area (Å²) in [4.78, 5) is 6.26. The number of hydrogen-bond donors (Lipinski definition) is 0. The molecule has 0 unspecified atom stereocenters. The molecule has 4 heteroatoms. The number of ether oxygens (including phenoxy) is 1. The van der Waals surface area contributed by atoms with Crippen LogP contribution in [0.4, 0.5) is 0 Å². The quantitative estimate of drug-likeness (QED) is 0.549. The van der Waals surface area contributed by atoms with Gasteiger partial charge in [0.05, 0.1) is 13.2 Å². The van der Waals surface area contributed by atoms with Gasteiger partial charge >= 0.3 is 0 Å². The molecule has 0 aromatic heterocycles. The maximum atomic E-state index is 5.28. The molecule has 1 fully saturated rings. The number of thioether (sulfide) groups is 1. The van der Waals surface area contributed by atoms with Gasteiger partial charge in [0.15, 0.2) is 0 Å². The van der Waals surface area contributed by atoms with Gasteiger partial charge in [-0.15, -0.1) is 11.8 Å². The molecule has 0 N–H and O–H groups in total. The van der Waals surface area contributed by atoms with Gasteiger partial charge in [-0.2, -0.15) is 0 Å². The number of allylic oxidation sites excluding steroid dienone is 1. The lowest BCUT2D eigenvalue weighted by atomic mass is 10.4. The molecule has 1 heterocycles. The third kappa shape index (κ3) is 7.91. The molecule has 0 bridgehead atoms. The molecule has 3 nitrogen and oxygen atoms in total. The van der Waals surface area contributed by atoms with Crippen molar-refractivity contribution in [2.75, 3.05) is 38.6 Å². The smallest absolute Gasteiger partial charge is 0.0594 e. The first-order valence-corrected chi connectivity index (χ1v) is 6.93. The summed E-state index contributed by atoms with van der Waals surface area (Å²) in [6, 6.07) is 0. The molecule has 0 spiro atoms. The van der Waals surface area contributed by atoms with Crippen molar-refractivity contribution in [1.29, 1.82) is 0 Å². The Balaban J connectivity index is 0.00000106. The molecule has 0 atom stereocenters. The molecule has 94 valence electrons. The maximum absolute atomic E-state index is 5.28. The van der Waals surface area contributed by atoms with Crippen LogP contribution in [0, 0.1) is 0 Å². The van der Waals surface area contributed by atoms with E-state index in [0.29, 0.717) is 0 Å². The number of nitrogens with zero attached hydrogens (tertiary/aromatic N) is 2. The minimum Gasteiger partial charge on any atom is -0.379 e. The zero-order chi connectivity index (χ0) is 12.2. The molecular weight excluding hydrogens is 220 g/mol. The van der Waals surface area contributed by atoms with Crippen LogP contribution < -0.4 is 0 Å². The lowest BCUT2D eigenvalue weighted by Crippen LogP contribution is -2.37. The number of hydrogen-bond acceptors (Lipinski definition) is 4. The average Bonchev–Trinajstić information content (AvgIpc) is 2.38. The van der Waals surface area contributed by atoms with E-state index in [1.165, 1.54) is 0 Å². The SMILES string of the molecule is C=N/C(C)=C\SCCN1CCOCC1.CC. The summed E-state index contributed by atoms with van der Waals surface area (Å²) in [7, 11) is 0. The molecule has 0 amide bonds. The van der Waals surface area contributed by atoms with Crippen LogP contribution in [-0.2, 0) is 4.74 Å². The number of rotatable bonds is 5. The lowest BCUT2D eigenvalue weighted by molar-refractivity contribution is 0.0410. The van der Waals surface area contributed by atoms with Gasteiger partial charge in [-0.3, -0.25) is 9.89 Å². The number of morpholine rings is 1. The van der Waals surface area contributed by atoms with E-state index in [1.54, 1.807) is 11.8 Å². The summed E-state index contributed by atoms with van der Waals surface area (Å²) in [5.41, 5.74) is 0.997. The van der Waals surface area contributed by atoms with Gasteiger partial charge in [0.1, 0.15) is 0 Å². The summed E-state index contributed by atoms with van der Waals surface area (Å²) in [6.07, 6.45) is 0. The predicted molar refractivity (Wildman–Crippen MR) is 74.4 cm³/mol. The highest BCUT2D eigenvalue weighted by atomic mass is 32.2. The molecule has 0 aromatic carbocycles. The first-order valence-electron chi connectivity index (χ1n) is 5.88. The van der Waals surface area contributed by atoms with Gasteiger partial charge in [-0.1, -0.05) is 13.8 Å². The van der Waals surface area contributed by atoms with Crippen LogP contribution in [-0.4, -0.2) is 50.2 Å². The van der Waals surface area contributed by atoms with E-state index in [4.69, 9.17) is 4.74 Å². The summed E-state index contributed by atoms with van der Waals surface area (Å²) >= 11 is 1.80. The van der Waals surface area contributed by atoms with Gasteiger partial charge in [0.2, 0.25) is 0 Å². The van der Waals surface area contributed by atoms with Crippen molar-refractivity contribution in [1.82, 2.24) is 4.90 Å². The van der Waals surface area contributed by atoms with E-state index in [9.17, 15) is 0 Å². The van der Waals surface area contributed by atoms with Crippen LogP contribution in [0.5, 0.6) is 0 Å². The molecular formula is C12H24N2OS. The van der Waals surface area contributed by atoms with Crippen molar-refractivity contribution in [3.63, 3.8) is 0 Å². The van der Waals surface area contributed by atoms with E-state index in [-0.39, 0.29) is 0 Å². The highest BCUT2D eigenvalue weighted by molar-refractivity contribution is 8.02. The highest BCUT2D eigenvalue weighted by Crippen LogP contribution is 2.08. The second-order valence-electron chi connectivity index (χ2n) is 3.24. The topological polar surface area (TPSA) is 24.8 Å². The molecule has 0 radical (unpaired) electrons. The Labute approximate surface area is 104 Å². The fraction of sp³-hybridized carbons (Fsp3) is 0.750. The predicted octanol–water partition coefficient (Wildman–Crippen LogP) is 2.64. The monoisotopic (exact) mass is 244 g/mol. The molecule has 0 aliphatic carbocycles. The van der Waals surface area contributed by atoms with E-state index < -0.39 is 0 Å². The largest absolute Gasteiger partial charge is 0.379 e. The van der Waals surface area contributed by atoms with Crippen LogP contribution in [0.1, 0.15) is 20.8 Å². The Hall–Kier alpha value is -0.320. The van der Waals surface area contributed by atoms with Crippen molar-refractivity contribution in [3.8, 4) is 0 Å². The fourth-order valence-corrected chi connectivity index (χ4v) is 2.02. The summed E-state index contributed by atoms with van der Waals surface area (Å²) in [6.45, 7) is 14.5. The Morgan fingerprint density at radius 1 is 1.44 bits per heavy atom. The third-order valence-corrected chi connectivity index (χ3v) is 3.06. The van der Waals surface area contributed by atoms with E-state index in [0.717, 1.165) is 44.3 Å². The summed E-state index contributed by atoms with van der Waals surface area (Å²) in [5, 5.41) is 2.06. The van der Waals surface area contributed by atoms with Gasteiger partial charge in [0.25, 0.3) is 0 Å². The molecule has 1 aliphatic heterocycles. The zero-order valence-electron chi connectivity index (χ0n) is 10.7. The maximum Gasteiger partial charge on any atom is 0.0594 e. The fourth-order valence-electron chi connectivity index (χ4n) is 1.22. The van der Waals surface area contributed by atoms with Gasteiger partial charge in [-0.25, -0.2) is 0 Å². The molecule has 16 heavy (non-hydrogen) atoms. The van der Waals surface area contributed by atoms with Crippen molar-refractivity contribution >= 4 is 18.5 Å². The Morgan fingerprint density at radius 2 is 2.06 bits per heavy atom. The minimum atomic E-state index is 0.883. The van der Waals surface area contributed by atoms with Crippen LogP contribution in [0.2, 0.25) is 0 Å². The van der Waals surface area contributed by atoms with Crippen LogP contribution in [0.15, 0.2) is 16.1 Å². The van der Waals surface area contributed by atoms with Crippen LogP contribution in [0.25, 0.3) is 0 Å². The Kier molecular flexibility index (Phi) is 11.0. The van der Waals surface area contributed by atoms with Crippen LogP contribution >= 0.6 is 11.8 Å². The number of aliphatic imine (C=N–C) groups is 1. The summed E-state index contributed by atoms with van der Waals surface area (Å²) < 4.78 is 5.28. The van der Waals surface area contributed by atoms with E-state index in [2.05, 4.69) is 22.0 Å². The van der Waals surface area contributed by atoms with Crippen LogP contribution in [0.3, 0.4) is 0 Å². The molecule has 0 aromatic rings. The van der Waals surface area contributed by atoms with Crippen molar-refractivity contribution in [2.45, 2.75) is 20.8 Å². The van der Waals surface area contributed by atoms with Gasteiger partial charge < -0.3 is 4.74 Å². The van der Waals surface area contributed by atoms with E-state index >= 15 is 0 Å². The molecule has 1 rings (SSSR count). The zero-order valence-corrected chi connectivity index (χ0v) is 11.6. The first-order chi connectivity index (χ1) is 7.83. The van der Waals surface area contributed by atoms with Crippen molar-refractivity contribution in [3.05, 3.63) is 11.1 Å². The first kappa shape index (κ1) is 15.7. The lowest BCUT2D eigenvalue weighted by Gasteiger charge is -2.25. The van der Waals surface area contributed by atoms with Crippen molar-refractivity contribution < 1.29 is 4.74 Å². The van der Waals surface area contributed by atoms with Gasteiger partial charge in [-0.05, 0) is 19.0 Å². The third-order valence-electron chi connectivity index (χ3n) is 2.13. The highest BCUT2D eigenvalue weighted by Gasteiger charge is 2.08. The Bertz CT molecular complexity index is 201. The molecule has 1 saturated heterocycles. The van der Waals surface area contributed by atoms with E-state index in [1.807, 2.05) is 20.8 Å².